The SMILES string of the molecule is CCC(=O)N1CC(CC(C)(C)C)CC(NC2CC2)C1. The normalized spacial score (nSPS) is 28.5. The van der Waals surface area contributed by atoms with Crippen molar-refractivity contribution in [2.45, 2.75) is 71.9 Å². The van der Waals surface area contributed by atoms with E-state index in [0.717, 1.165) is 19.1 Å². The Morgan fingerprint density at radius 1 is 1.21 bits per heavy atom. The Kier molecular flexibility index (Phi) is 4.54. The third-order valence-corrected chi connectivity index (χ3v) is 4.14. The monoisotopic (exact) mass is 266 g/mol. The number of hydrogen-bond donors (Lipinski definition) is 1. The fourth-order valence-corrected chi connectivity index (χ4v) is 3.35. The minimum atomic E-state index is 0.321. The predicted molar refractivity (Wildman–Crippen MR) is 79.0 cm³/mol. The van der Waals surface area contributed by atoms with E-state index in [9.17, 15) is 4.79 Å². The second kappa shape index (κ2) is 5.82. The van der Waals surface area contributed by atoms with Crippen molar-refractivity contribution in [1.29, 1.82) is 0 Å². The van der Waals surface area contributed by atoms with E-state index >= 15 is 0 Å². The zero-order valence-electron chi connectivity index (χ0n) is 13.0. The molecule has 1 N–H and O–H groups in total. The maximum absolute atomic E-state index is 12.0. The molecule has 1 saturated heterocycles. The third-order valence-electron chi connectivity index (χ3n) is 4.14. The summed E-state index contributed by atoms with van der Waals surface area (Å²) < 4.78 is 0. The van der Waals surface area contributed by atoms with E-state index in [2.05, 4.69) is 31.0 Å². The maximum Gasteiger partial charge on any atom is 0.222 e. The van der Waals surface area contributed by atoms with Gasteiger partial charge in [0.1, 0.15) is 0 Å². The van der Waals surface area contributed by atoms with Gasteiger partial charge in [-0.2, -0.15) is 0 Å². The molecular formula is C16H30N2O. The zero-order valence-corrected chi connectivity index (χ0v) is 13.0. The second-order valence-corrected chi connectivity index (χ2v) is 7.66. The Morgan fingerprint density at radius 3 is 2.42 bits per heavy atom. The fraction of sp³-hybridized carbons (Fsp3) is 0.938. The van der Waals surface area contributed by atoms with E-state index < -0.39 is 0 Å². The molecule has 2 fully saturated rings. The van der Waals surface area contributed by atoms with Crippen molar-refractivity contribution in [1.82, 2.24) is 10.2 Å². The number of amides is 1. The number of carbonyl (C=O) groups excluding carboxylic acids is 1. The van der Waals surface area contributed by atoms with Gasteiger partial charge in [-0.25, -0.2) is 0 Å². The fourth-order valence-electron chi connectivity index (χ4n) is 3.35. The van der Waals surface area contributed by atoms with Crippen LogP contribution in [0.25, 0.3) is 0 Å². The van der Waals surface area contributed by atoms with Crippen molar-refractivity contribution in [2.75, 3.05) is 13.1 Å². The summed E-state index contributed by atoms with van der Waals surface area (Å²) >= 11 is 0. The topological polar surface area (TPSA) is 32.3 Å². The molecule has 1 heterocycles. The van der Waals surface area contributed by atoms with Gasteiger partial charge in [-0.3, -0.25) is 4.79 Å². The molecule has 1 aliphatic heterocycles. The van der Waals surface area contributed by atoms with Crippen LogP contribution in [-0.4, -0.2) is 36.0 Å². The van der Waals surface area contributed by atoms with E-state index in [-0.39, 0.29) is 0 Å². The summed E-state index contributed by atoms with van der Waals surface area (Å²) in [5.74, 6) is 0.974. The van der Waals surface area contributed by atoms with Crippen molar-refractivity contribution >= 4 is 5.91 Å². The quantitative estimate of drug-likeness (QED) is 0.848. The van der Waals surface area contributed by atoms with Gasteiger partial charge in [0.25, 0.3) is 0 Å². The highest BCUT2D eigenvalue weighted by Gasteiger charge is 2.34. The molecule has 2 atom stereocenters. The Bertz CT molecular complexity index is 317. The molecule has 3 nitrogen and oxygen atoms in total. The van der Waals surface area contributed by atoms with Gasteiger partial charge in [0.15, 0.2) is 0 Å². The van der Waals surface area contributed by atoms with Gasteiger partial charge in [0.2, 0.25) is 5.91 Å². The highest BCUT2D eigenvalue weighted by molar-refractivity contribution is 5.76. The first-order valence-corrected chi connectivity index (χ1v) is 7.91. The molecule has 2 aliphatic rings. The number of carbonyl (C=O) groups is 1. The average molecular weight is 266 g/mol. The standard InChI is InChI=1S/C16H30N2O/c1-5-15(19)18-10-12(9-16(2,3)4)8-14(11-18)17-13-6-7-13/h12-14,17H,5-11H2,1-4H3. The third kappa shape index (κ3) is 4.79. The number of rotatable bonds is 4. The number of nitrogens with zero attached hydrogens (tertiary/aromatic N) is 1. The molecule has 0 aromatic carbocycles. The van der Waals surface area contributed by atoms with Crippen molar-refractivity contribution < 1.29 is 4.79 Å². The van der Waals surface area contributed by atoms with Crippen LogP contribution >= 0.6 is 0 Å². The summed E-state index contributed by atoms with van der Waals surface area (Å²) in [7, 11) is 0. The van der Waals surface area contributed by atoms with Gasteiger partial charge in [0.05, 0.1) is 0 Å². The van der Waals surface area contributed by atoms with Gasteiger partial charge in [-0.1, -0.05) is 27.7 Å². The largest absolute Gasteiger partial charge is 0.341 e. The maximum atomic E-state index is 12.0. The summed E-state index contributed by atoms with van der Waals surface area (Å²) in [5, 5.41) is 3.72. The Morgan fingerprint density at radius 2 is 1.89 bits per heavy atom. The predicted octanol–water partition coefficient (Wildman–Crippen LogP) is 2.80. The lowest BCUT2D eigenvalue weighted by Gasteiger charge is -2.40. The summed E-state index contributed by atoms with van der Waals surface area (Å²) in [6, 6.07) is 1.25. The van der Waals surface area contributed by atoms with Crippen molar-refractivity contribution in [3.8, 4) is 0 Å². The Labute approximate surface area is 118 Å². The molecule has 0 spiro atoms. The molecule has 0 aromatic rings. The van der Waals surface area contributed by atoms with Crippen LogP contribution in [0.15, 0.2) is 0 Å². The van der Waals surface area contributed by atoms with Crippen LogP contribution in [0.1, 0.15) is 59.8 Å². The lowest BCUT2D eigenvalue weighted by Crippen LogP contribution is -2.52. The first kappa shape index (κ1) is 14.8. The van der Waals surface area contributed by atoms with Crippen molar-refractivity contribution in [3.63, 3.8) is 0 Å². The number of nitrogens with one attached hydrogen (secondary N) is 1. The molecule has 0 bridgehead atoms. The van der Waals surface area contributed by atoms with Gasteiger partial charge >= 0.3 is 0 Å². The average Bonchev–Trinajstić information content (AvgIpc) is 3.09. The van der Waals surface area contributed by atoms with Crippen LogP contribution in [0, 0.1) is 11.3 Å². The summed E-state index contributed by atoms with van der Waals surface area (Å²) in [6.45, 7) is 10.8. The van der Waals surface area contributed by atoms with Crippen LogP contribution < -0.4 is 5.32 Å². The molecule has 2 unspecified atom stereocenters. The first-order chi connectivity index (χ1) is 8.87. The van der Waals surface area contributed by atoms with E-state index in [1.807, 2.05) is 6.92 Å². The van der Waals surface area contributed by atoms with E-state index in [1.165, 1.54) is 25.7 Å². The number of hydrogen-bond acceptors (Lipinski definition) is 2. The summed E-state index contributed by atoms with van der Waals surface area (Å²) in [5.41, 5.74) is 0.354. The first-order valence-electron chi connectivity index (χ1n) is 7.91. The molecule has 1 aliphatic carbocycles. The van der Waals surface area contributed by atoms with E-state index in [1.54, 1.807) is 0 Å². The molecule has 1 saturated carbocycles. The van der Waals surface area contributed by atoms with Crippen LogP contribution in [0.4, 0.5) is 0 Å². The van der Waals surface area contributed by atoms with E-state index in [0.29, 0.717) is 29.7 Å². The molecule has 0 aromatic heterocycles. The van der Waals surface area contributed by atoms with Gasteiger partial charge in [0, 0.05) is 31.6 Å². The zero-order chi connectivity index (χ0) is 14.0. The lowest BCUT2D eigenvalue weighted by molar-refractivity contribution is -0.133. The van der Waals surface area contributed by atoms with Crippen LogP contribution in [0.2, 0.25) is 0 Å². The second-order valence-electron chi connectivity index (χ2n) is 7.66. The van der Waals surface area contributed by atoms with Gasteiger partial charge in [-0.15, -0.1) is 0 Å². The van der Waals surface area contributed by atoms with Gasteiger partial charge < -0.3 is 10.2 Å². The highest BCUT2D eigenvalue weighted by atomic mass is 16.2. The summed E-state index contributed by atoms with van der Waals surface area (Å²) in [6.07, 6.45) is 5.73. The minimum absolute atomic E-state index is 0.321. The van der Waals surface area contributed by atoms with Crippen molar-refractivity contribution in [3.05, 3.63) is 0 Å². The molecule has 3 heteroatoms. The summed E-state index contributed by atoms with van der Waals surface area (Å²) in [4.78, 5) is 14.1. The highest BCUT2D eigenvalue weighted by Crippen LogP contribution is 2.31. The van der Waals surface area contributed by atoms with Crippen LogP contribution in [0.5, 0.6) is 0 Å². The molecule has 19 heavy (non-hydrogen) atoms. The Hall–Kier alpha value is -0.570. The van der Waals surface area contributed by atoms with Crippen molar-refractivity contribution in [2.24, 2.45) is 11.3 Å². The van der Waals surface area contributed by atoms with Gasteiger partial charge in [-0.05, 0) is 37.0 Å². The van der Waals surface area contributed by atoms with E-state index in [4.69, 9.17) is 0 Å². The lowest BCUT2D eigenvalue weighted by atomic mass is 9.80. The molecular weight excluding hydrogens is 236 g/mol. The molecule has 110 valence electrons. The molecule has 1 amide bonds. The van der Waals surface area contributed by atoms with Crippen LogP contribution in [0.3, 0.4) is 0 Å². The molecule has 2 rings (SSSR count). The number of likely N-dealkylation sites (tertiary alicyclic amines) is 1. The molecule has 0 radical (unpaired) electrons. The minimum Gasteiger partial charge on any atom is -0.341 e. The van der Waals surface area contributed by atoms with Crippen LogP contribution in [-0.2, 0) is 4.79 Å². The smallest absolute Gasteiger partial charge is 0.222 e. The number of piperidine rings is 1. The Balaban J connectivity index is 1.95.